The molecule has 36 heavy (non-hydrogen) atoms. The molecule has 0 radical (unpaired) electrons. The summed E-state index contributed by atoms with van der Waals surface area (Å²) in [6.45, 7) is 1.26. The summed E-state index contributed by atoms with van der Waals surface area (Å²) in [6, 6.07) is 3.72. The van der Waals surface area contributed by atoms with Crippen molar-refractivity contribution in [1.82, 2.24) is 14.9 Å². The van der Waals surface area contributed by atoms with Gasteiger partial charge in [0.15, 0.2) is 0 Å². The van der Waals surface area contributed by atoms with Crippen molar-refractivity contribution >= 4 is 22.6 Å². The van der Waals surface area contributed by atoms with Gasteiger partial charge >= 0.3 is 6.18 Å². The number of fused-ring (bicyclic) bond motifs is 1. The Morgan fingerprint density at radius 1 is 1.08 bits per heavy atom. The second kappa shape index (κ2) is 10.1. The molecule has 3 fully saturated rings. The van der Waals surface area contributed by atoms with Crippen LogP contribution in [0.5, 0.6) is 0 Å². The number of nitrogens with zero attached hydrogens (tertiary/aromatic N) is 4. The molecule has 2 saturated carbocycles. The first-order valence-corrected chi connectivity index (χ1v) is 13.0. The Labute approximate surface area is 208 Å². The summed E-state index contributed by atoms with van der Waals surface area (Å²) in [6.07, 6.45) is 5.48. The zero-order chi connectivity index (χ0) is 25.4. The summed E-state index contributed by atoms with van der Waals surface area (Å²) < 4.78 is 40.1. The van der Waals surface area contributed by atoms with Gasteiger partial charge in [0, 0.05) is 24.5 Å². The fraction of sp³-hybridized carbons (Fsp3) is 0.654. The molecule has 5 rings (SSSR count). The predicted molar refractivity (Wildman–Crippen MR) is 130 cm³/mol. The van der Waals surface area contributed by atoms with E-state index in [1.165, 1.54) is 25.2 Å². The van der Waals surface area contributed by atoms with Crippen LogP contribution in [-0.2, 0) is 11.0 Å². The fourth-order valence-electron chi connectivity index (χ4n) is 6.47. The number of halogens is 3. The number of hydrogen-bond donors (Lipinski definition) is 2. The SMILES string of the molecule is NC(=O)CN(c1ncnc2ccc(C(F)(F)F)cc12)C1CN(C2CCC(C(O)C3CCCC3)CC2)C1. The Morgan fingerprint density at radius 2 is 1.75 bits per heavy atom. The van der Waals surface area contributed by atoms with Crippen LogP contribution in [0, 0.1) is 11.8 Å². The Kier molecular flexibility index (Phi) is 7.09. The predicted octanol–water partition coefficient (Wildman–Crippen LogP) is 3.73. The lowest BCUT2D eigenvalue weighted by molar-refractivity contribution is -0.137. The van der Waals surface area contributed by atoms with E-state index in [-0.39, 0.29) is 24.1 Å². The number of rotatable bonds is 7. The van der Waals surface area contributed by atoms with Crippen LogP contribution < -0.4 is 10.6 Å². The number of alkyl halides is 3. The van der Waals surface area contributed by atoms with Gasteiger partial charge in [-0.2, -0.15) is 13.2 Å². The van der Waals surface area contributed by atoms with Crippen LogP contribution >= 0.6 is 0 Å². The summed E-state index contributed by atoms with van der Waals surface area (Å²) >= 11 is 0. The monoisotopic (exact) mass is 505 g/mol. The molecule has 1 saturated heterocycles. The molecule has 0 bridgehead atoms. The number of aliphatic hydroxyl groups is 1. The normalized spacial score (nSPS) is 25.1. The van der Waals surface area contributed by atoms with E-state index in [4.69, 9.17) is 5.73 Å². The highest BCUT2D eigenvalue weighted by molar-refractivity contribution is 5.92. The number of aromatic nitrogens is 2. The van der Waals surface area contributed by atoms with Crippen molar-refractivity contribution in [3.05, 3.63) is 30.1 Å². The first-order chi connectivity index (χ1) is 17.2. The standard InChI is InChI=1S/C26H34F3N5O2/c27-26(28,29)18-7-10-22-21(11-18)25(32-15-31-22)34(14-23(30)35)20-12-33(13-20)19-8-5-17(6-9-19)24(36)16-3-1-2-4-16/h7,10-11,15-17,19-20,24,36H,1-6,8-9,12-14H2,(H2,30,35). The average Bonchev–Trinajstić information content (AvgIpc) is 3.36. The number of aliphatic hydroxyl groups excluding tert-OH is 1. The summed E-state index contributed by atoms with van der Waals surface area (Å²) in [5.41, 5.74) is 5.13. The number of nitrogens with two attached hydrogens (primary N) is 1. The van der Waals surface area contributed by atoms with E-state index in [0.29, 0.717) is 42.3 Å². The molecule has 10 heteroatoms. The Bertz CT molecular complexity index is 1080. The van der Waals surface area contributed by atoms with Gasteiger partial charge in [-0.1, -0.05) is 12.8 Å². The van der Waals surface area contributed by atoms with Crippen LogP contribution in [-0.4, -0.2) is 63.7 Å². The molecule has 3 aliphatic rings. The Balaban J connectivity index is 1.26. The highest BCUT2D eigenvalue weighted by Gasteiger charge is 2.41. The topological polar surface area (TPSA) is 95.6 Å². The molecule has 3 N–H and O–H groups in total. The van der Waals surface area contributed by atoms with Crippen LogP contribution in [0.25, 0.3) is 10.9 Å². The van der Waals surface area contributed by atoms with Crippen molar-refractivity contribution < 1.29 is 23.1 Å². The minimum atomic E-state index is -4.49. The number of primary amides is 1. The number of likely N-dealkylation sites (tertiary alicyclic amines) is 1. The van der Waals surface area contributed by atoms with Crippen LogP contribution in [0.1, 0.15) is 56.9 Å². The molecule has 1 aliphatic heterocycles. The number of carbonyl (C=O) groups is 1. The van der Waals surface area contributed by atoms with Gasteiger partial charge in [0.25, 0.3) is 0 Å². The first kappa shape index (κ1) is 25.2. The lowest BCUT2D eigenvalue weighted by atomic mass is 9.77. The van der Waals surface area contributed by atoms with E-state index < -0.39 is 17.6 Å². The zero-order valence-electron chi connectivity index (χ0n) is 20.3. The molecule has 196 valence electrons. The molecule has 0 spiro atoms. The molecule has 1 aromatic carbocycles. The van der Waals surface area contributed by atoms with Gasteiger partial charge in [-0.05, 0) is 68.6 Å². The van der Waals surface area contributed by atoms with Crippen molar-refractivity contribution in [3.8, 4) is 0 Å². The number of amides is 1. The highest BCUT2D eigenvalue weighted by Crippen LogP contribution is 2.39. The smallest absolute Gasteiger partial charge is 0.393 e. The molecule has 7 nitrogen and oxygen atoms in total. The molecular formula is C26H34F3N5O2. The minimum Gasteiger partial charge on any atom is -0.393 e. The van der Waals surface area contributed by atoms with E-state index in [1.54, 1.807) is 4.90 Å². The quantitative estimate of drug-likeness (QED) is 0.595. The van der Waals surface area contributed by atoms with Gasteiger partial charge in [-0.3, -0.25) is 9.69 Å². The maximum atomic E-state index is 13.4. The maximum absolute atomic E-state index is 13.4. The number of benzene rings is 1. The second-order valence-corrected chi connectivity index (χ2v) is 10.7. The minimum absolute atomic E-state index is 0.0769. The van der Waals surface area contributed by atoms with E-state index >= 15 is 0 Å². The molecule has 2 heterocycles. The van der Waals surface area contributed by atoms with Gasteiger partial charge in [0.2, 0.25) is 5.91 Å². The van der Waals surface area contributed by atoms with Crippen molar-refractivity contribution in [1.29, 1.82) is 0 Å². The lowest BCUT2D eigenvalue weighted by Crippen LogP contribution is -2.64. The van der Waals surface area contributed by atoms with Crippen molar-refractivity contribution in [2.75, 3.05) is 24.5 Å². The van der Waals surface area contributed by atoms with E-state index in [0.717, 1.165) is 50.7 Å². The summed E-state index contributed by atoms with van der Waals surface area (Å²) in [5.74, 6) is 0.581. The molecule has 1 unspecified atom stereocenters. The van der Waals surface area contributed by atoms with Gasteiger partial charge in [0.1, 0.15) is 12.1 Å². The van der Waals surface area contributed by atoms with Gasteiger partial charge < -0.3 is 15.7 Å². The van der Waals surface area contributed by atoms with Crippen LogP contribution in [0.3, 0.4) is 0 Å². The number of hydrogen-bond acceptors (Lipinski definition) is 6. The third kappa shape index (κ3) is 5.16. The van der Waals surface area contributed by atoms with E-state index in [2.05, 4.69) is 14.9 Å². The van der Waals surface area contributed by atoms with Crippen molar-refractivity contribution in [2.24, 2.45) is 17.6 Å². The third-order valence-electron chi connectivity index (χ3n) is 8.49. The fourth-order valence-corrected chi connectivity index (χ4v) is 6.47. The summed E-state index contributed by atoms with van der Waals surface area (Å²) in [7, 11) is 0. The van der Waals surface area contributed by atoms with Crippen molar-refractivity contribution in [2.45, 2.75) is 75.7 Å². The molecular weight excluding hydrogens is 471 g/mol. The van der Waals surface area contributed by atoms with Crippen LogP contribution in [0.2, 0.25) is 0 Å². The lowest BCUT2D eigenvalue weighted by Gasteiger charge is -2.50. The van der Waals surface area contributed by atoms with Gasteiger partial charge in [-0.15, -0.1) is 0 Å². The zero-order valence-corrected chi connectivity index (χ0v) is 20.3. The molecule has 1 aromatic heterocycles. The molecule has 1 amide bonds. The highest BCUT2D eigenvalue weighted by atomic mass is 19.4. The van der Waals surface area contributed by atoms with Gasteiger partial charge in [0.05, 0.1) is 29.8 Å². The van der Waals surface area contributed by atoms with Crippen LogP contribution in [0.4, 0.5) is 19.0 Å². The van der Waals surface area contributed by atoms with E-state index in [9.17, 15) is 23.1 Å². The average molecular weight is 506 g/mol. The molecule has 2 aliphatic carbocycles. The first-order valence-electron chi connectivity index (χ1n) is 13.0. The van der Waals surface area contributed by atoms with Crippen LogP contribution in [0.15, 0.2) is 24.5 Å². The Morgan fingerprint density at radius 3 is 2.39 bits per heavy atom. The summed E-state index contributed by atoms with van der Waals surface area (Å²) in [4.78, 5) is 24.4. The third-order valence-corrected chi connectivity index (χ3v) is 8.49. The maximum Gasteiger partial charge on any atom is 0.416 e. The largest absolute Gasteiger partial charge is 0.416 e. The van der Waals surface area contributed by atoms with Crippen molar-refractivity contribution in [3.63, 3.8) is 0 Å². The van der Waals surface area contributed by atoms with Gasteiger partial charge in [-0.25, -0.2) is 9.97 Å². The molecule has 2 aromatic rings. The summed E-state index contributed by atoms with van der Waals surface area (Å²) in [5, 5.41) is 11.1. The Hall–Kier alpha value is -2.46. The number of anilines is 1. The number of carbonyl (C=O) groups excluding carboxylic acids is 1. The molecule has 1 atom stereocenters. The van der Waals surface area contributed by atoms with E-state index in [1.807, 2.05) is 0 Å². The second-order valence-electron chi connectivity index (χ2n) is 10.7.